The highest BCUT2D eigenvalue weighted by Crippen LogP contribution is 2.15. The maximum absolute atomic E-state index is 11.8. The van der Waals surface area contributed by atoms with Crippen LogP contribution in [0.25, 0.3) is 0 Å². The summed E-state index contributed by atoms with van der Waals surface area (Å²) in [4.78, 5) is 13.5. The molecule has 0 heterocycles. The summed E-state index contributed by atoms with van der Waals surface area (Å²) in [7, 11) is 1.83. The molecule has 0 aliphatic carbocycles. The van der Waals surface area contributed by atoms with Crippen molar-refractivity contribution in [3.05, 3.63) is 29.8 Å². The molecule has 1 amide bonds. The predicted octanol–water partition coefficient (Wildman–Crippen LogP) is 3.52. The van der Waals surface area contributed by atoms with E-state index in [2.05, 4.69) is 15.9 Å². The number of hydrogen-bond acceptors (Lipinski definition) is 1. The van der Waals surface area contributed by atoms with Gasteiger partial charge in [-0.2, -0.15) is 0 Å². The van der Waals surface area contributed by atoms with E-state index in [4.69, 9.17) is 0 Å². The van der Waals surface area contributed by atoms with Crippen molar-refractivity contribution < 1.29 is 4.79 Å². The van der Waals surface area contributed by atoms with Crippen molar-refractivity contribution in [2.24, 2.45) is 0 Å². The first kappa shape index (κ1) is 13.2. The highest BCUT2D eigenvalue weighted by atomic mass is 79.9. The number of aryl methyl sites for hydroxylation is 1. The Hall–Kier alpha value is -0.830. The fraction of sp³-hybridized carbons (Fsp3) is 0.462. The Morgan fingerprint density at radius 1 is 1.25 bits per heavy atom. The van der Waals surface area contributed by atoms with Gasteiger partial charge in [0, 0.05) is 24.5 Å². The van der Waals surface area contributed by atoms with Crippen molar-refractivity contribution in [3.63, 3.8) is 0 Å². The number of nitrogens with zero attached hydrogens (tertiary/aromatic N) is 1. The number of halogens is 1. The van der Waals surface area contributed by atoms with Crippen molar-refractivity contribution in [3.8, 4) is 0 Å². The number of hydrogen-bond donors (Lipinski definition) is 0. The maximum atomic E-state index is 11.8. The minimum absolute atomic E-state index is 0.185. The first-order chi connectivity index (χ1) is 7.65. The number of benzene rings is 1. The van der Waals surface area contributed by atoms with Crippen LogP contribution in [-0.2, 0) is 4.79 Å². The van der Waals surface area contributed by atoms with Crippen LogP contribution in [0.5, 0.6) is 0 Å². The minimum Gasteiger partial charge on any atom is -0.316 e. The standard InChI is InChI=1S/C13H18BrNO/c1-11-6-8-12(9-7-11)15(2)13(16)5-3-4-10-14/h6-9H,3-5,10H2,1-2H3. The molecule has 0 N–H and O–H groups in total. The third-order valence-electron chi connectivity index (χ3n) is 2.57. The van der Waals surface area contributed by atoms with Gasteiger partial charge in [-0.1, -0.05) is 33.6 Å². The van der Waals surface area contributed by atoms with Crippen molar-refractivity contribution in [2.45, 2.75) is 26.2 Å². The van der Waals surface area contributed by atoms with E-state index in [0.717, 1.165) is 23.9 Å². The minimum atomic E-state index is 0.185. The van der Waals surface area contributed by atoms with Crippen LogP contribution in [0, 0.1) is 6.92 Å². The van der Waals surface area contributed by atoms with Crippen LogP contribution in [0.2, 0.25) is 0 Å². The summed E-state index contributed by atoms with van der Waals surface area (Å²) in [5, 5.41) is 0.967. The third-order valence-corrected chi connectivity index (χ3v) is 3.13. The molecule has 0 spiro atoms. The molecule has 0 aromatic heterocycles. The number of amides is 1. The van der Waals surface area contributed by atoms with E-state index in [0.29, 0.717) is 6.42 Å². The van der Waals surface area contributed by atoms with Gasteiger partial charge < -0.3 is 4.90 Å². The van der Waals surface area contributed by atoms with Gasteiger partial charge in [-0.3, -0.25) is 4.79 Å². The Bertz CT molecular complexity index is 334. The highest BCUT2D eigenvalue weighted by molar-refractivity contribution is 9.09. The van der Waals surface area contributed by atoms with Crippen LogP contribution >= 0.6 is 15.9 Å². The summed E-state index contributed by atoms with van der Waals surface area (Å²) in [6.07, 6.45) is 2.61. The van der Waals surface area contributed by atoms with Crippen LogP contribution in [-0.4, -0.2) is 18.3 Å². The maximum Gasteiger partial charge on any atom is 0.226 e. The fourth-order valence-electron chi connectivity index (χ4n) is 1.45. The van der Waals surface area contributed by atoms with E-state index >= 15 is 0 Å². The molecule has 3 heteroatoms. The molecular formula is C13H18BrNO. The van der Waals surface area contributed by atoms with Gasteiger partial charge in [-0.05, 0) is 31.9 Å². The molecule has 0 atom stereocenters. The number of alkyl halides is 1. The van der Waals surface area contributed by atoms with E-state index < -0.39 is 0 Å². The first-order valence-electron chi connectivity index (χ1n) is 5.54. The van der Waals surface area contributed by atoms with Crippen LogP contribution in [0.3, 0.4) is 0 Å². The van der Waals surface area contributed by atoms with E-state index in [1.807, 2.05) is 38.2 Å². The topological polar surface area (TPSA) is 20.3 Å². The lowest BCUT2D eigenvalue weighted by molar-refractivity contribution is -0.118. The van der Waals surface area contributed by atoms with Gasteiger partial charge in [-0.25, -0.2) is 0 Å². The van der Waals surface area contributed by atoms with Gasteiger partial charge in [-0.15, -0.1) is 0 Å². The highest BCUT2D eigenvalue weighted by Gasteiger charge is 2.09. The predicted molar refractivity (Wildman–Crippen MR) is 72.2 cm³/mol. The lowest BCUT2D eigenvalue weighted by Gasteiger charge is -2.17. The van der Waals surface area contributed by atoms with Gasteiger partial charge in [0.2, 0.25) is 5.91 Å². The summed E-state index contributed by atoms with van der Waals surface area (Å²) < 4.78 is 0. The average molecular weight is 284 g/mol. The molecule has 0 radical (unpaired) electrons. The molecule has 0 saturated carbocycles. The molecule has 16 heavy (non-hydrogen) atoms. The van der Waals surface area contributed by atoms with E-state index in [-0.39, 0.29) is 5.91 Å². The van der Waals surface area contributed by atoms with Crippen molar-refractivity contribution >= 4 is 27.5 Å². The summed E-state index contributed by atoms with van der Waals surface area (Å²) in [6, 6.07) is 8.02. The van der Waals surface area contributed by atoms with Crippen LogP contribution in [0.1, 0.15) is 24.8 Å². The normalized spacial score (nSPS) is 10.2. The molecule has 1 aromatic carbocycles. The zero-order valence-corrected chi connectivity index (χ0v) is 11.5. The van der Waals surface area contributed by atoms with Gasteiger partial charge in [0.25, 0.3) is 0 Å². The molecule has 0 fully saturated rings. The number of carbonyl (C=O) groups is 1. The SMILES string of the molecule is Cc1ccc(N(C)C(=O)CCCCBr)cc1. The molecule has 0 unspecified atom stereocenters. The second-order valence-corrected chi connectivity index (χ2v) is 4.73. The molecule has 1 aromatic rings. The molecule has 0 saturated heterocycles. The van der Waals surface area contributed by atoms with E-state index in [1.54, 1.807) is 4.90 Å². The molecule has 0 bridgehead atoms. The zero-order valence-electron chi connectivity index (χ0n) is 9.87. The molecular weight excluding hydrogens is 266 g/mol. The third kappa shape index (κ3) is 3.97. The Morgan fingerprint density at radius 2 is 1.88 bits per heavy atom. The number of carbonyl (C=O) groups excluding carboxylic acids is 1. The molecule has 1 rings (SSSR count). The van der Waals surface area contributed by atoms with E-state index in [1.165, 1.54) is 5.56 Å². The molecule has 2 nitrogen and oxygen atoms in total. The Kier molecular flexibility index (Phi) is 5.53. The number of rotatable bonds is 5. The van der Waals surface area contributed by atoms with Crippen LogP contribution in [0.4, 0.5) is 5.69 Å². The van der Waals surface area contributed by atoms with Crippen molar-refractivity contribution in [2.75, 3.05) is 17.3 Å². The van der Waals surface area contributed by atoms with Gasteiger partial charge >= 0.3 is 0 Å². The van der Waals surface area contributed by atoms with Crippen molar-refractivity contribution in [1.29, 1.82) is 0 Å². The second-order valence-electron chi connectivity index (χ2n) is 3.93. The second kappa shape index (κ2) is 6.69. The smallest absolute Gasteiger partial charge is 0.226 e. The first-order valence-corrected chi connectivity index (χ1v) is 6.66. The Balaban J connectivity index is 2.53. The van der Waals surface area contributed by atoms with Crippen LogP contribution < -0.4 is 4.90 Å². The number of unbranched alkanes of at least 4 members (excludes halogenated alkanes) is 1. The summed E-state index contributed by atoms with van der Waals surface area (Å²) in [5.74, 6) is 0.185. The monoisotopic (exact) mass is 283 g/mol. The van der Waals surface area contributed by atoms with Gasteiger partial charge in [0.05, 0.1) is 0 Å². The van der Waals surface area contributed by atoms with Gasteiger partial charge in [0.15, 0.2) is 0 Å². The summed E-state index contributed by atoms with van der Waals surface area (Å²) in [5.41, 5.74) is 2.18. The largest absolute Gasteiger partial charge is 0.316 e. The lowest BCUT2D eigenvalue weighted by atomic mass is 10.2. The molecule has 0 aliphatic rings. The quantitative estimate of drug-likeness (QED) is 0.598. The zero-order chi connectivity index (χ0) is 12.0. The molecule has 0 aliphatic heterocycles. The Labute approximate surface area is 106 Å². The lowest BCUT2D eigenvalue weighted by Crippen LogP contribution is -2.25. The van der Waals surface area contributed by atoms with Crippen molar-refractivity contribution in [1.82, 2.24) is 0 Å². The number of anilines is 1. The fourth-order valence-corrected chi connectivity index (χ4v) is 1.85. The Morgan fingerprint density at radius 3 is 2.44 bits per heavy atom. The summed E-state index contributed by atoms with van der Waals surface area (Å²) in [6.45, 7) is 2.04. The van der Waals surface area contributed by atoms with Crippen LogP contribution in [0.15, 0.2) is 24.3 Å². The van der Waals surface area contributed by atoms with Gasteiger partial charge in [0.1, 0.15) is 0 Å². The summed E-state index contributed by atoms with van der Waals surface area (Å²) >= 11 is 3.36. The van der Waals surface area contributed by atoms with E-state index in [9.17, 15) is 4.79 Å². The molecule has 88 valence electrons. The average Bonchev–Trinajstić information content (AvgIpc) is 2.29.